The van der Waals surface area contributed by atoms with Crippen molar-refractivity contribution in [2.24, 2.45) is 12.0 Å². The van der Waals surface area contributed by atoms with Crippen LogP contribution in [0.4, 0.5) is 5.69 Å². The molecule has 1 unspecified atom stereocenters. The van der Waals surface area contributed by atoms with Gasteiger partial charge in [-0.1, -0.05) is 39.0 Å². The molecule has 0 aliphatic carbocycles. The van der Waals surface area contributed by atoms with Crippen molar-refractivity contribution in [2.75, 3.05) is 14.2 Å². The van der Waals surface area contributed by atoms with Gasteiger partial charge in [0.25, 0.3) is 0 Å². The van der Waals surface area contributed by atoms with E-state index in [9.17, 15) is 4.79 Å². The third-order valence-corrected chi connectivity index (χ3v) is 6.81. The summed E-state index contributed by atoms with van der Waals surface area (Å²) in [5, 5.41) is 0. The number of fused-ring (bicyclic) bond motifs is 3. The zero-order valence-electron chi connectivity index (χ0n) is 20.4. The number of aromatic nitrogens is 2. The highest BCUT2D eigenvalue weighted by atomic mass is 16.5. The topological polar surface area (TPSA) is 57.8 Å². The van der Waals surface area contributed by atoms with Gasteiger partial charge in [-0.05, 0) is 54.0 Å². The van der Waals surface area contributed by atoms with Crippen LogP contribution >= 0.6 is 0 Å². The van der Waals surface area contributed by atoms with Crippen LogP contribution in [0.5, 0.6) is 11.5 Å². The Kier molecular flexibility index (Phi) is 6.45. The molecule has 33 heavy (non-hydrogen) atoms. The SMILES string of the molecule is CCc1cccc(C(C)CC)c1N=c1cc2n(c(=O)n1C)CCc1cc(OC)c(OC)cc1-2. The molecule has 1 aromatic heterocycles. The first-order valence-electron chi connectivity index (χ1n) is 11.7. The monoisotopic (exact) mass is 447 g/mol. The number of hydrogen-bond acceptors (Lipinski definition) is 4. The van der Waals surface area contributed by atoms with E-state index in [1.165, 1.54) is 11.1 Å². The fourth-order valence-electron chi connectivity index (χ4n) is 4.59. The van der Waals surface area contributed by atoms with E-state index in [2.05, 4.69) is 39.0 Å². The number of rotatable bonds is 6. The number of para-hydroxylation sites is 1. The first kappa shape index (κ1) is 22.9. The molecule has 0 bridgehead atoms. The van der Waals surface area contributed by atoms with E-state index >= 15 is 0 Å². The molecular weight excluding hydrogens is 414 g/mol. The third-order valence-electron chi connectivity index (χ3n) is 6.81. The maximum Gasteiger partial charge on any atom is 0.329 e. The van der Waals surface area contributed by atoms with E-state index in [1.807, 2.05) is 22.8 Å². The van der Waals surface area contributed by atoms with Gasteiger partial charge in [0.1, 0.15) is 5.49 Å². The predicted octanol–water partition coefficient (Wildman–Crippen LogP) is 4.74. The fraction of sp³-hybridized carbons (Fsp3) is 0.407. The quantitative estimate of drug-likeness (QED) is 0.549. The van der Waals surface area contributed by atoms with Gasteiger partial charge in [-0.25, -0.2) is 9.79 Å². The van der Waals surface area contributed by atoms with Gasteiger partial charge in [-0.3, -0.25) is 9.13 Å². The van der Waals surface area contributed by atoms with Crippen LogP contribution in [0.2, 0.25) is 0 Å². The van der Waals surface area contributed by atoms with E-state index in [0.717, 1.165) is 41.8 Å². The Bertz CT molecular complexity index is 1320. The van der Waals surface area contributed by atoms with Crippen LogP contribution in [-0.2, 0) is 26.4 Å². The normalized spacial score (nSPS) is 13.9. The lowest BCUT2D eigenvalue weighted by Gasteiger charge is -2.24. The highest BCUT2D eigenvalue weighted by Gasteiger charge is 2.22. The molecule has 0 N–H and O–H groups in total. The minimum atomic E-state index is -0.0641. The molecule has 1 aliphatic heterocycles. The lowest BCUT2D eigenvalue weighted by molar-refractivity contribution is 0.354. The first-order valence-corrected chi connectivity index (χ1v) is 11.7. The first-order chi connectivity index (χ1) is 15.9. The smallest absolute Gasteiger partial charge is 0.329 e. The van der Waals surface area contributed by atoms with E-state index in [1.54, 1.807) is 25.8 Å². The number of benzene rings is 2. The molecule has 0 spiro atoms. The highest BCUT2D eigenvalue weighted by Crippen LogP contribution is 2.37. The second-order valence-corrected chi connectivity index (χ2v) is 8.62. The van der Waals surface area contributed by atoms with Gasteiger partial charge in [-0.2, -0.15) is 0 Å². The van der Waals surface area contributed by atoms with Gasteiger partial charge in [0.2, 0.25) is 0 Å². The Morgan fingerprint density at radius 3 is 2.48 bits per heavy atom. The maximum absolute atomic E-state index is 13.4. The maximum atomic E-state index is 13.4. The summed E-state index contributed by atoms with van der Waals surface area (Å²) in [6.07, 6.45) is 2.68. The van der Waals surface area contributed by atoms with Crippen molar-refractivity contribution in [1.82, 2.24) is 9.13 Å². The van der Waals surface area contributed by atoms with Crippen LogP contribution in [0, 0.1) is 0 Å². The molecule has 2 aromatic carbocycles. The summed E-state index contributed by atoms with van der Waals surface area (Å²) in [7, 11) is 5.07. The molecule has 1 aliphatic rings. The summed E-state index contributed by atoms with van der Waals surface area (Å²) in [6.45, 7) is 7.18. The molecule has 0 amide bonds. The van der Waals surface area contributed by atoms with Gasteiger partial charge < -0.3 is 9.47 Å². The van der Waals surface area contributed by atoms with Gasteiger partial charge in [0.05, 0.1) is 25.6 Å². The standard InChI is InChI=1S/C27H33N3O3/c1-7-17(3)20-11-9-10-18(8-2)26(20)28-25-16-22-21-15-24(33-6)23(32-5)14-19(21)12-13-30(22)27(31)29(25)4/h9-11,14-17H,7-8,12-13H2,1-6H3. The number of hydrogen-bond donors (Lipinski definition) is 0. The van der Waals surface area contributed by atoms with Gasteiger partial charge in [-0.15, -0.1) is 0 Å². The van der Waals surface area contributed by atoms with Crippen LogP contribution < -0.4 is 20.7 Å². The summed E-state index contributed by atoms with van der Waals surface area (Å²) in [4.78, 5) is 18.4. The molecule has 4 rings (SSSR count). The van der Waals surface area contributed by atoms with Crippen molar-refractivity contribution < 1.29 is 9.47 Å². The molecular formula is C27H33N3O3. The third kappa shape index (κ3) is 3.99. The van der Waals surface area contributed by atoms with Crippen LogP contribution in [0.15, 0.2) is 46.2 Å². The number of ether oxygens (including phenoxy) is 2. The molecule has 6 heteroatoms. The Morgan fingerprint density at radius 1 is 1.09 bits per heavy atom. The van der Waals surface area contributed by atoms with Crippen molar-refractivity contribution in [1.29, 1.82) is 0 Å². The van der Waals surface area contributed by atoms with Gasteiger partial charge in [0, 0.05) is 25.2 Å². The van der Waals surface area contributed by atoms with Crippen molar-refractivity contribution in [3.05, 3.63) is 69.1 Å². The van der Waals surface area contributed by atoms with Crippen LogP contribution in [-0.4, -0.2) is 23.4 Å². The minimum absolute atomic E-state index is 0.0641. The van der Waals surface area contributed by atoms with E-state index < -0.39 is 0 Å². The van der Waals surface area contributed by atoms with Gasteiger partial charge in [0.15, 0.2) is 11.5 Å². The van der Waals surface area contributed by atoms with E-state index in [0.29, 0.717) is 29.4 Å². The second-order valence-electron chi connectivity index (χ2n) is 8.62. The number of methoxy groups -OCH3 is 2. The summed E-state index contributed by atoms with van der Waals surface area (Å²) in [5.74, 6) is 1.74. The zero-order valence-corrected chi connectivity index (χ0v) is 20.4. The molecule has 3 aromatic rings. The molecule has 0 saturated carbocycles. The van der Waals surface area contributed by atoms with Crippen LogP contribution in [0.3, 0.4) is 0 Å². The van der Waals surface area contributed by atoms with Crippen molar-refractivity contribution >= 4 is 5.69 Å². The number of aryl methyl sites for hydroxylation is 2. The second kappa shape index (κ2) is 9.30. The Labute approximate surface area is 195 Å². The largest absolute Gasteiger partial charge is 0.493 e. The zero-order chi connectivity index (χ0) is 23.7. The predicted molar refractivity (Wildman–Crippen MR) is 132 cm³/mol. The van der Waals surface area contributed by atoms with Crippen LogP contribution in [0.25, 0.3) is 11.3 Å². The average Bonchev–Trinajstić information content (AvgIpc) is 2.85. The lowest BCUT2D eigenvalue weighted by Crippen LogP contribution is -2.40. The van der Waals surface area contributed by atoms with Gasteiger partial charge >= 0.3 is 5.69 Å². The average molecular weight is 448 g/mol. The molecule has 2 heterocycles. The Balaban J connectivity index is 2.00. The molecule has 174 valence electrons. The Morgan fingerprint density at radius 2 is 1.82 bits per heavy atom. The van der Waals surface area contributed by atoms with Crippen molar-refractivity contribution in [3.63, 3.8) is 0 Å². The van der Waals surface area contributed by atoms with Crippen LogP contribution in [0.1, 0.15) is 49.8 Å². The summed E-state index contributed by atoms with van der Waals surface area (Å²) >= 11 is 0. The fourth-order valence-corrected chi connectivity index (χ4v) is 4.59. The minimum Gasteiger partial charge on any atom is -0.493 e. The summed E-state index contributed by atoms with van der Waals surface area (Å²) in [5.41, 5.74) is 6.97. The molecule has 0 fully saturated rings. The molecule has 0 saturated heterocycles. The highest BCUT2D eigenvalue weighted by molar-refractivity contribution is 5.70. The molecule has 6 nitrogen and oxygen atoms in total. The lowest BCUT2D eigenvalue weighted by atomic mass is 9.93. The van der Waals surface area contributed by atoms with Crippen molar-refractivity contribution in [3.8, 4) is 22.8 Å². The summed E-state index contributed by atoms with van der Waals surface area (Å²) < 4.78 is 14.5. The summed E-state index contributed by atoms with van der Waals surface area (Å²) in [6, 6.07) is 12.4. The molecule has 0 radical (unpaired) electrons. The Hall–Kier alpha value is -3.28. The molecule has 1 atom stereocenters. The number of nitrogens with zero attached hydrogens (tertiary/aromatic N) is 3. The van der Waals surface area contributed by atoms with E-state index in [-0.39, 0.29) is 5.69 Å². The van der Waals surface area contributed by atoms with Crippen molar-refractivity contribution in [2.45, 2.75) is 52.5 Å². The van der Waals surface area contributed by atoms with E-state index in [4.69, 9.17) is 14.5 Å².